The molecule has 4 aliphatic rings. The lowest BCUT2D eigenvalue weighted by molar-refractivity contribution is -0.158. The largest absolute Gasteiger partial charge is 0.477 e. The van der Waals surface area contributed by atoms with Gasteiger partial charge in [-0.3, -0.25) is 14.4 Å². The number of aliphatic imine (C=N–C) groups is 1. The summed E-state index contributed by atoms with van der Waals surface area (Å²) in [6.07, 6.45) is 2.54. The van der Waals surface area contributed by atoms with Gasteiger partial charge in [0.1, 0.15) is 18.6 Å². The van der Waals surface area contributed by atoms with Gasteiger partial charge in [-0.15, -0.1) is 16.9 Å². The Hall–Kier alpha value is -3.73. The van der Waals surface area contributed by atoms with E-state index in [1.165, 1.54) is 27.7 Å². The average Bonchev–Trinajstić information content (AvgIpc) is 3.67. The van der Waals surface area contributed by atoms with Crippen molar-refractivity contribution in [3.8, 4) is 0 Å². The minimum atomic E-state index is -1.17. The molecule has 216 valence electrons. The van der Waals surface area contributed by atoms with E-state index >= 15 is 0 Å². The number of tetrazole rings is 1. The number of likely N-dealkylation sites (tertiary alicyclic amines) is 1. The molecule has 1 aromatic rings. The third-order valence-electron chi connectivity index (χ3n) is 7.90. The Balaban J connectivity index is 1.21. The fraction of sp³-hybridized carbons (Fsp3) is 0.652. The Kier molecular flexibility index (Phi) is 7.67. The molecule has 0 aliphatic carbocycles. The van der Waals surface area contributed by atoms with Crippen LogP contribution in [0.15, 0.2) is 21.9 Å². The predicted molar refractivity (Wildman–Crippen MR) is 142 cm³/mol. The third kappa shape index (κ3) is 5.22. The van der Waals surface area contributed by atoms with Gasteiger partial charge in [-0.2, -0.15) is 0 Å². The SMILES string of the molecule is C[C@@H](NC(=O)Cn1cnnn1)[C@H]1C(=O)N2C(C(=O)O)=C(S[C@@H]3CN[C@H](C(=O)N4CC[C@H](N=C(N)N)C4)C3)[C@H](C)[C@H]12. The van der Waals surface area contributed by atoms with Crippen LogP contribution in [0.25, 0.3) is 0 Å². The number of β-lactam (4-membered cyclic amide) rings is 1. The van der Waals surface area contributed by atoms with E-state index in [9.17, 15) is 24.3 Å². The molecule has 3 amide bonds. The van der Waals surface area contributed by atoms with Crippen molar-refractivity contribution in [1.82, 2.24) is 40.6 Å². The van der Waals surface area contributed by atoms with Crippen molar-refractivity contribution in [2.75, 3.05) is 19.6 Å². The number of amides is 3. The molecule has 0 aromatic carbocycles. The normalized spacial score (nSPS) is 30.2. The molecule has 4 aliphatic heterocycles. The van der Waals surface area contributed by atoms with E-state index in [-0.39, 0.29) is 65.2 Å². The van der Waals surface area contributed by atoms with Crippen LogP contribution in [0.2, 0.25) is 0 Å². The van der Waals surface area contributed by atoms with Crippen molar-refractivity contribution in [2.24, 2.45) is 28.3 Å². The number of nitrogens with one attached hydrogen (secondary N) is 2. The number of hydrogen-bond donors (Lipinski definition) is 5. The van der Waals surface area contributed by atoms with Gasteiger partial charge in [0.15, 0.2) is 5.96 Å². The minimum Gasteiger partial charge on any atom is -0.477 e. The maximum atomic E-state index is 13.2. The summed E-state index contributed by atoms with van der Waals surface area (Å²) < 4.78 is 1.27. The second-order valence-electron chi connectivity index (χ2n) is 10.6. The number of carboxylic acids is 1. The number of aromatic nitrogens is 4. The van der Waals surface area contributed by atoms with Crippen molar-refractivity contribution < 1.29 is 24.3 Å². The van der Waals surface area contributed by atoms with Gasteiger partial charge in [0, 0.05) is 41.7 Å². The lowest BCUT2D eigenvalue weighted by Gasteiger charge is -2.47. The molecule has 0 bridgehead atoms. The number of aliphatic carboxylic acids is 1. The first-order chi connectivity index (χ1) is 19.0. The summed E-state index contributed by atoms with van der Waals surface area (Å²) in [4.78, 5) is 58.9. The van der Waals surface area contributed by atoms with Gasteiger partial charge in [-0.05, 0) is 30.2 Å². The van der Waals surface area contributed by atoms with Crippen LogP contribution in [0.4, 0.5) is 0 Å². The number of rotatable bonds is 9. The Bertz CT molecular complexity index is 1250. The summed E-state index contributed by atoms with van der Waals surface area (Å²) in [7, 11) is 0. The van der Waals surface area contributed by atoms with Gasteiger partial charge < -0.3 is 37.0 Å². The lowest BCUT2D eigenvalue weighted by Crippen LogP contribution is -2.66. The van der Waals surface area contributed by atoms with E-state index < -0.39 is 17.9 Å². The highest BCUT2D eigenvalue weighted by atomic mass is 32.2. The van der Waals surface area contributed by atoms with E-state index in [0.717, 1.165) is 0 Å². The monoisotopic (exact) mass is 575 g/mol. The number of nitrogens with zero attached hydrogens (tertiary/aromatic N) is 7. The van der Waals surface area contributed by atoms with E-state index in [2.05, 4.69) is 31.2 Å². The Morgan fingerprint density at radius 1 is 1.35 bits per heavy atom. The summed E-state index contributed by atoms with van der Waals surface area (Å²) in [5.74, 6) is -2.67. The second kappa shape index (κ2) is 11.0. The molecule has 1 aromatic heterocycles. The Labute approximate surface area is 233 Å². The number of guanidine groups is 1. The Morgan fingerprint density at radius 2 is 2.12 bits per heavy atom. The van der Waals surface area contributed by atoms with Gasteiger partial charge in [0.05, 0.1) is 24.0 Å². The van der Waals surface area contributed by atoms with Gasteiger partial charge in [-0.1, -0.05) is 6.92 Å². The number of hydrogen-bond acceptors (Lipinski definition) is 10. The summed E-state index contributed by atoms with van der Waals surface area (Å²) in [6, 6.07) is -1.39. The zero-order valence-corrected chi connectivity index (χ0v) is 23.0. The Morgan fingerprint density at radius 3 is 2.80 bits per heavy atom. The maximum absolute atomic E-state index is 13.2. The molecule has 0 spiro atoms. The van der Waals surface area contributed by atoms with Gasteiger partial charge >= 0.3 is 5.97 Å². The number of thioether (sulfide) groups is 1. The summed E-state index contributed by atoms with van der Waals surface area (Å²) >= 11 is 1.42. The van der Waals surface area contributed by atoms with Crippen LogP contribution in [0, 0.1) is 11.8 Å². The van der Waals surface area contributed by atoms with Crippen molar-refractivity contribution in [1.29, 1.82) is 0 Å². The molecule has 0 radical (unpaired) electrons. The van der Waals surface area contributed by atoms with E-state index in [0.29, 0.717) is 37.4 Å². The number of carbonyl (C=O) groups excluding carboxylic acids is 3. The highest BCUT2D eigenvalue weighted by Crippen LogP contribution is 2.51. The highest BCUT2D eigenvalue weighted by Gasteiger charge is 2.60. The minimum absolute atomic E-state index is 0.00878. The standard InChI is InChI=1S/C23H33N11O5S/c1-10-17-16(11(2)28-15(35)8-33-9-27-30-31-33)21(37)34(17)18(22(38)39)19(10)40-13-5-14(26-6-13)20(36)32-4-3-12(7-32)29-23(24)25/h9-14,16-17,26H,3-8H2,1-2H3,(H,28,35)(H,38,39)(H4,24,25,29)/t10-,11-,12+,13+,14+,16-,17-/m1/s1. The summed E-state index contributed by atoms with van der Waals surface area (Å²) in [5, 5.41) is 26.7. The molecule has 7 atom stereocenters. The smallest absolute Gasteiger partial charge is 0.353 e. The molecule has 7 N–H and O–H groups in total. The van der Waals surface area contributed by atoms with Crippen molar-refractivity contribution in [2.45, 2.75) is 62.7 Å². The molecule has 16 nitrogen and oxygen atoms in total. The molecule has 0 saturated carbocycles. The predicted octanol–water partition coefficient (Wildman–Crippen LogP) is -2.71. The summed E-state index contributed by atoms with van der Waals surface area (Å²) in [5.41, 5.74) is 10.9. The molecular weight excluding hydrogens is 542 g/mol. The fourth-order valence-electron chi connectivity index (χ4n) is 6.13. The lowest BCUT2D eigenvalue weighted by atomic mass is 9.78. The molecule has 5 heterocycles. The highest BCUT2D eigenvalue weighted by molar-refractivity contribution is 8.03. The number of fused-ring (bicyclic) bond motifs is 1. The molecule has 3 fully saturated rings. The van der Waals surface area contributed by atoms with E-state index in [1.54, 1.807) is 11.8 Å². The van der Waals surface area contributed by atoms with Crippen molar-refractivity contribution in [3.05, 3.63) is 16.9 Å². The topological polar surface area (TPSA) is 227 Å². The van der Waals surface area contributed by atoms with Crippen molar-refractivity contribution >= 4 is 41.4 Å². The number of carboxylic acid groups (broad SMARTS) is 1. The first-order valence-electron chi connectivity index (χ1n) is 13.1. The fourth-order valence-corrected chi connectivity index (χ4v) is 7.60. The number of carbonyl (C=O) groups is 4. The van der Waals surface area contributed by atoms with Crippen LogP contribution in [-0.2, 0) is 25.7 Å². The van der Waals surface area contributed by atoms with Gasteiger partial charge in [-0.25, -0.2) is 14.5 Å². The third-order valence-corrected chi connectivity index (χ3v) is 9.42. The van der Waals surface area contributed by atoms with Crippen LogP contribution in [-0.4, -0.2) is 114 Å². The zero-order chi connectivity index (χ0) is 28.7. The number of nitrogens with two attached hydrogens (primary N) is 2. The van der Waals surface area contributed by atoms with Crippen molar-refractivity contribution in [3.63, 3.8) is 0 Å². The molecule has 3 saturated heterocycles. The maximum Gasteiger partial charge on any atom is 0.353 e. The van der Waals surface area contributed by atoms with E-state index in [1.807, 2.05) is 6.92 Å². The first kappa shape index (κ1) is 27.8. The van der Waals surface area contributed by atoms with Crippen LogP contribution in [0.3, 0.4) is 0 Å². The zero-order valence-electron chi connectivity index (χ0n) is 22.1. The van der Waals surface area contributed by atoms with Crippen LogP contribution >= 0.6 is 11.8 Å². The molecular formula is C23H33N11O5S. The average molecular weight is 576 g/mol. The van der Waals surface area contributed by atoms with Gasteiger partial charge in [0.2, 0.25) is 17.7 Å². The summed E-state index contributed by atoms with van der Waals surface area (Å²) in [6.45, 7) is 5.12. The van der Waals surface area contributed by atoms with E-state index in [4.69, 9.17) is 11.5 Å². The quantitative estimate of drug-likeness (QED) is 0.115. The molecule has 0 unspecified atom stereocenters. The van der Waals surface area contributed by atoms with Crippen LogP contribution in [0.5, 0.6) is 0 Å². The molecule has 40 heavy (non-hydrogen) atoms. The first-order valence-corrected chi connectivity index (χ1v) is 14.0. The second-order valence-corrected chi connectivity index (χ2v) is 12.0. The molecule has 5 rings (SSSR count). The van der Waals surface area contributed by atoms with Gasteiger partial charge in [0.25, 0.3) is 0 Å². The van der Waals surface area contributed by atoms with Crippen LogP contribution in [0.1, 0.15) is 26.7 Å². The van der Waals surface area contributed by atoms with Crippen LogP contribution < -0.4 is 22.1 Å². The molecule has 17 heteroatoms.